The fourth-order valence-corrected chi connectivity index (χ4v) is 3.71. The molecule has 0 fully saturated rings. The zero-order valence-electron chi connectivity index (χ0n) is 17.7. The van der Waals surface area contributed by atoms with Gasteiger partial charge in [-0.1, -0.05) is 12.1 Å². The molecule has 0 aromatic heterocycles. The Morgan fingerprint density at radius 1 is 1.03 bits per heavy atom. The van der Waals surface area contributed by atoms with Gasteiger partial charge in [-0.2, -0.15) is 5.10 Å². The van der Waals surface area contributed by atoms with E-state index in [1.165, 1.54) is 13.3 Å². The fraction of sp³-hybridized carbons (Fsp3) is 0.333. The number of amides is 1. The number of methoxy groups -OCH3 is 1. The second-order valence-corrected chi connectivity index (χ2v) is 8.43. The summed E-state index contributed by atoms with van der Waals surface area (Å²) < 4.78 is 30.3. The average Bonchev–Trinajstić information content (AvgIpc) is 2.73. The van der Waals surface area contributed by atoms with Crippen molar-refractivity contribution in [1.29, 1.82) is 0 Å². The molecule has 0 aliphatic rings. The Bertz CT molecular complexity index is 954. The molecular formula is C21H28N4O4S. The van der Waals surface area contributed by atoms with Crippen molar-refractivity contribution in [2.75, 3.05) is 42.2 Å². The van der Waals surface area contributed by atoms with Gasteiger partial charge in [-0.25, -0.2) is 13.8 Å². The molecule has 1 amide bonds. The Morgan fingerprint density at radius 2 is 1.60 bits per heavy atom. The van der Waals surface area contributed by atoms with Crippen LogP contribution in [0.2, 0.25) is 0 Å². The topological polar surface area (TPSA) is 91.3 Å². The van der Waals surface area contributed by atoms with Gasteiger partial charge in [0.1, 0.15) is 12.3 Å². The molecule has 0 aliphatic heterocycles. The number of hydrogen-bond donors (Lipinski definition) is 1. The highest BCUT2D eigenvalue weighted by molar-refractivity contribution is 7.92. The van der Waals surface area contributed by atoms with Crippen molar-refractivity contribution < 1.29 is 17.9 Å². The summed E-state index contributed by atoms with van der Waals surface area (Å²) in [5.41, 5.74) is 4.68. The Balaban J connectivity index is 2.01. The first-order valence-corrected chi connectivity index (χ1v) is 11.4. The number of hydrazone groups is 1. The van der Waals surface area contributed by atoms with Crippen LogP contribution >= 0.6 is 0 Å². The quantitative estimate of drug-likeness (QED) is 0.460. The van der Waals surface area contributed by atoms with E-state index in [4.69, 9.17) is 4.74 Å². The Morgan fingerprint density at radius 3 is 2.10 bits per heavy atom. The second kappa shape index (κ2) is 10.6. The first-order chi connectivity index (χ1) is 14.3. The molecule has 162 valence electrons. The number of ether oxygens (including phenoxy) is 1. The van der Waals surface area contributed by atoms with Crippen LogP contribution in [-0.2, 0) is 14.8 Å². The number of carbonyl (C=O) groups excluding carboxylic acids is 1. The highest BCUT2D eigenvalue weighted by Gasteiger charge is 2.20. The van der Waals surface area contributed by atoms with Crippen LogP contribution in [0.3, 0.4) is 0 Å². The van der Waals surface area contributed by atoms with Gasteiger partial charge in [-0.3, -0.25) is 9.10 Å². The zero-order valence-corrected chi connectivity index (χ0v) is 18.5. The zero-order chi connectivity index (χ0) is 22.1. The minimum Gasteiger partial charge on any atom is -0.497 e. The first kappa shape index (κ1) is 23.2. The lowest BCUT2D eigenvalue weighted by atomic mass is 10.2. The van der Waals surface area contributed by atoms with E-state index in [1.54, 1.807) is 24.3 Å². The lowest BCUT2D eigenvalue weighted by Crippen LogP contribution is -2.39. The van der Waals surface area contributed by atoms with Crippen LogP contribution in [0.5, 0.6) is 5.75 Å². The molecule has 9 heteroatoms. The van der Waals surface area contributed by atoms with Crippen molar-refractivity contribution in [3.8, 4) is 5.75 Å². The summed E-state index contributed by atoms with van der Waals surface area (Å²) in [6.45, 7) is 5.65. The van der Waals surface area contributed by atoms with Gasteiger partial charge in [0.25, 0.3) is 5.91 Å². The molecule has 1 N–H and O–H groups in total. The van der Waals surface area contributed by atoms with E-state index < -0.39 is 15.9 Å². The molecule has 0 aliphatic carbocycles. The van der Waals surface area contributed by atoms with Crippen LogP contribution in [0.4, 0.5) is 11.4 Å². The summed E-state index contributed by atoms with van der Waals surface area (Å²) in [7, 11) is -2.13. The second-order valence-electron chi connectivity index (χ2n) is 6.52. The maximum Gasteiger partial charge on any atom is 0.260 e. The Hall–Kier alpha value is -3.07. The summed E-state index contributed by atoms with van der Waals surface area (Å²) >= 11 is 0. The van der Waals surface area contributed by atoms with Crippen molar-refractivity contribution >= 4 is 33.5 Å². The van der Waals surface area contributed by atoms with Crippen LogP contribution in [0, 0.1) is 0 Å². The van der Waals surface area contributed by atoms with Crippen LogP contribution in [0.1, 0.15) is 19.4 Å². The van der Waals surface area contributed by atoms with Crippen molar-refractivity contribution in [1.82, 2.24) is 5.43 Å². The number of benzene rings is 2. The van der Waals surface area contributed by atoms with E-state index >= 15 is 0 Å². The molecule has 2 rings (SSSR count). The third-order valence-electron chi connectivity index (χ3n) is 4.47. The molecule has 0 saturated heterocycles. The predicted octanol–water partition coefficient (Wildman–Crippen LogP) is 2.46. The molecule has 8 nitrogen and oxygen atoms in total. The van der Waals surface area contributed by atoms with E-state index in [9.17, 15) is 13.2 Å². The summed E-state index contributed by atoms with van der Waals surface area (Å²) in [6.07, 6.45) is 2.56. The largest absolute Gasteiger partial charge is 0.497 e. The van der Waals surface area contributed by atoms with E-state index in [0.29, 0.717) is 11.4 Å². The third-order valence-corrected chi connectivity index (χ3v) is 5.61. The number of carbonyl (C=O) groups is 1. The minimum atomic E-state index is -3.65. The van der Waals surface area contributed by atoms with Gasteiger partial charge in [0.05, 0.1) is 25.3 Å². The van der Waals surface area contributed by atoms with Crippen LogP contribution in [-0.4, -0.2) is 53.5 Å². The predicted molar refractivity (Wildman–Crippen MR) is 121 cm³/mol. The van der Waals surface area contributed by atoms with E-state index in [-0.39, 0.29) is 6.54 Å². The third kappa shape index (κ3) is 6.48. The maximum absolute atomic E-state index is 12.2. The number of hydrogen-bond acceptors (Lipinski definition) is 6. The minimum absolute atomic E-state index is 0.365. The van der Waals surface area contributed by atoms with Gasteiger partial charge < -0.3 is 9.64 Å². The standard InChI is InChI=1S/C21H28N4O4S/c1-5-24(6-2)18-9-7-17(8-10-18)15-22-23-21(26)16-25(30(4,27)28)19-11-13-20(29-3)14-12-19/h7-15H,5-6,16H2,1-4H3,(H,23,26)/b22-15+. The van der Waals surface area contributed by atoms with Crippen molar-refractivity contribution in [2.24, 2.45) is 5.10 Å². The summed E-state index contributed by atoms with van der Waals surface area (Å²) in [4.78, 5) is 14.5. The van der Waals surface area contributed by atoms with E-state index in [0.717, 1.165) is 34.9 Å². The fourth-order valence-electron chi connectivity index (χ4n) is 2.85. The molecule has 0 radical (unpaired) electrons. The Kier molecular flexibility index (Phi) is 8.23. The van der Waals surface area contributed by atoms with Crippen molar-refractivity contribution in [3.63, 3.8) is 0 Å². The molecule has 0 spiro atoms. The number of anilines is 2. The first-order valence-electron chi connectivity index (χ1n) is 9.57. The van der Waals surface area contributed by atoms with Gasteiger partial charge in [-0.15, -0.1) is 0 Å². The van der Waals surface area contributed by atoms with Crippen LogP contribution in [0.25, 0.3) is 0 Å². The molecule has 0 atom stereocenters. The number of nitrogens with zero attached hydrogens (tertiary/aromatic N) is 3. The molecule has 30 heavy (non-hydrogen) atoms. The summed E-state index contributed by atoms with van der Waals surface area (Å²) in [5, 5.41) is 3.93. The van der Waals surface area contributed by atoms with Gasteiger partial charge in [0.15, 0.2) is 0 Å². The molecule has 2 aromatic rings. The smallest absolute Gasteiger partial charge is 0.260 e. The molecule has 0 saturated carbocycles. The van der Waals surface area contributed by atoms with Crippen molar-refractivity contribution in [3.05, 3.63) is 54.1 Å². The molecule has 2 aromatic carbocycles. The molecular weight excluding hydrogens is 404 g/mol. The average molecular weight is 433 g/mol. The van der Waals surface area contributed by atoms with Crippen LogP contribution in [0.15, 0.2) is 53.6 Å². The lowest BCUT2D eigenvalue weighted by molar-refractivity contribution is -0.119. The SMILES string of the molecule is CCN(CC)c1ccc(/C=N/NC(=O)CN(c2ccc(OC)cc2)S(C)(=O)=O)cc1. The highest BCUT2D eigenvalue weighted by Crippen LogP contribution is 2.21. The maximum atomic E-state index is 12.2. The Labute approximate surface area is 178 Å². The number of nitrogens with one attached hydrogen (secondary N) is 1. The normalized spacial score (nSPS) is 11.3. The lowest BCUT2D eigenvalue weighted by Gasteiger charge is -2.21. The monoisotopic (exact) mass is 432 g/mol. The highest BCUT2D eigenvalue weighted by atomic mass is 32.2. The summed E-state index contributed by atoms with van der Waals surface area (Å²) in [6, 6.07) is 14.2. The van der Waals surface area contributed by atoms with Gasteiger partial charge in [0, 0.05) is 18.8 Å². The van der Waals surface area contributed by atoms with Gasteiger partial charge in [-0.05, 0) is 55.8 Å². The number of sulfonamides is 1. The van der Waals surface area contributed by atoms with E-state index in [1.807, 2.05) is 24.3 Å². The van der Waals surface area contributed by atoms with E-state index in [2.05, 4.69) is 29.3 Å². The van der Waals surface area contributed by atoms with Gasteiger partial charge >= 0.3 is 0 Å². The molecule has 0 bridgehead atoms. The molecule has 0 heterocycles. The molecule has 0 unspecified atom stereocenters. The van der Waals surface area contributed by atoms with Gasteiger partial charge in [0.2, 0.25) is 10.0 Å². The number of rotatable bonds is 10. The van der Waals surface area contributed by atoms with Crippen molar-refractivity contribution in [2.45, 2.75) is 13.8 Å². The van der Waals surface area contributed by atoms with Crippen LogP contribution < -0.4 is 19.4 Å². The summed E-state index contributed by atoms with van der Waals surface area (Å²) in [5.74, 6) is 0.0421.